The van der Waals surface area contributed by atoms with E-state index in [1.54, 1.807) is 6.08 Å². The van der Waals surface area contributed by atoms with E-state index < -0.39 is 11.0 Å². The Morgan fingerprint density at radius 1 is 1.62 bits per heavy atom. The third kappa shape index (κ3) is 3.74. The van der Waals surface area contributed by atoms with Gasteiger partial charge in [-0.25, -0.2) is 4.79 Å². The van der Waals surface area contributed by atoms with Crippen LogP contribution in [-0.4, -0.2) is 27.7 Å². The summed E-state index contributed by atoms with van der Waals surface area (Å²) in [6, 6.07) is 1.35. The Morgan fingerprint density at radius 3 is 3.00 bits per heavy atom. The van der Waals surface area contributed by atoms with Crippen molar-refractivity contribution in [2.75, 3.05) is 6.54 Å². The molecule has 2 N–H and O–H groups in total. The first-order valence-corrected chi connectivity index (χ1v) is 4.32. The Labute approximate surface area is 90.6 Å². The van der Waals surface area contributed by atoms with Gasteiger partial charge in [-0.2, -0.15) is 0 Å². The number of nitro groups is 1. The minimum Gasteiger partial charge on any atom is -0.465 e. The molecule has 84 valence electrons. The molecule has 0 aromatic carbocycles. The van der Waals surface area contributed by atoms with E-state index >= 15 is 0 Å². The Bertz CT molecular complexity index is 431. The van der Waals surface area contributed by atoms with Gasteiger partial charge in [0.25, 0.3) is 5.69 Å². The molecule has 1 rings (SSSR count). The molecule has 0 spiro atoms. The normalized spacial score (nSPS) is 10.2. The zero-order valence-electron chi connectivity index (χ0n) is 8.16. The Morgan fingerprint density at radius 2 is 2.38 bits per heavy atom. The molecular weight excluding hydrogens is 214 g/mol. The van der Waals surface area contributed by atoms with Gasteiger partial charge in [0.2, 0.25) is 0 Å². The molecule has 0 atom stereocenters. The van der Waals surface area contributed by atoms with Crippen molar-refractivity contribution < 1.29 is 14.8 Å². The van der Waals surface area contributed by atoms with Crippen molar-refractivity contribution in [2.24, 2.45) is 0 Å². The van der Waals surface area contributed by atoms with E-state index in [1.807, 2.05) is 0 Å². The molecule has 0 aliphatic rings. The van der Waals surface area contributed by atoms with Gasteiger partial charge in [-0.05, 0) is 5.56 Å². The number of amides is 1. The van der Waals surface area contributed by atoms with Crippen molar-refractivity contribution in [1.82, 2.24) is 10.3 Å². The van der Waals surface area contributed by atoms with Crippen LogP contribution < -0.4 is 5.32 Å². The first-order valence-electron chi connectivity index (χ1n) is 4.32. The maximum Gasteiger partial charge on any atom is 0.404 e. The van der Waals surface area contributed by atoms with Crippen LogP contribution in [0.25, 0.3) is 6.08 Å². The zero-order valence-corrected chi connectivity index (χ0v) is 8.16. The monoisotopic (exact) mass is 223 g/mol. The summed E-state index contributed by atoms with van der Waals surface area (Å²) in [5, 5.41) is 20.8. The molecule has 1 amide bonds. The number of nitrogens with one attached hydrogen (secondary N) is 1. The molecule has 1 aromatic heterocycles. The standard InChI is InChI=1S/C9H9N3O4/c13-9(14)11-3-1-2-7-4-8(12(15)16)6-10-5-7/h1-2,4-6,11H,3H2,(H,13,14)/b2-1+. The van der Waals surface area contributed by atoms with Gasteiger partial charge in [0.15, 0.2) is 0 Å². The van der Waals surface area contributed by atoms with Gasteiger partial charge in [0, 0.05) is 18.8 Å². The third-order valence-electron chi connectivity index (χ3n) is 1.64. The largest absolute Gasteiger partial charge is 0.465 e. The fraction of sp³-hybridized carbons (Fsp3) is 0.111. The Balaban J connectivity index is 2.63. The van der Waals surface area contributed by atoms with Gasteiger partial charge < -0.3 is 10.4 Å². The lowest BCUT2D eigenvalue weighted by Gasteiger charge is -1.95. The zero-order chi connectivity index (χ0) is 12.0. The van der Waals surface area contributed by atoms with E-state index in [1.165, 1.54) is 18.3 Å². The van der Waals surface area contributed by atoms with E-state index in [-0.39, 0.29) is 12.2 Å². The molecule has 0 saturated carbocycles. The highest BCUT2D eigenvalue weighted by atomic mass is 16.6. The van der Waals surface area contributed by atoms with Gasteiger partial charge in [-0.3, -0.25) is 15.1 Å². The van der Waals surface area contributed by atoms with Gasteiger partial charge in [0.05, 0.1) is 4.92 Å². The molecule has 0 bridgehead atoms. The number of pyridine rings is 1. The molecule has 7 heteroatoms. The lowest BCUT2D eigenvalue weighted by Crippen LogP contribution is -2.20. The summed E-state index contributed by atoms with van der Waals surface area (Å²) in [5.74, 6) is 0. The highest BCUT2D eigenvalue weighted by molar-refractivity contribution is 5.65. The maximum atomic E-state index is 10.4. The van der Waals surface area contributed by atoms with Crippen molar-refractivity contribution in [3.63, 3.8) is 0 Å². The van der Waals surface area contributed by atoms with Gasteiger partial charge >= 0.3 is 6.09 Å². The van der Waals surface area contributed by atoms with E-state index in [2.05, 4.69) is 10.3 Å². The lowest BCUT2D eigenvalue weighted by molar-refractivity contribution is -0.385. The molecular formula is C9H9N3O4. The molecule has 0 radical (unpaired) electrons. The minimum absolute atomic E-state index is 0.103. The van der Waals surface area contributed by atoms with Gasteiger partial charge in [0.1, 0.15) is 6.20 Å². The molecule has 0 saturated heterocycles. The topological polar surface area (TPSA) is 105 Å². The van der Waals surface area contributed by atoms with Crippen molar-refractivity contribution in [3.05, 3.63) is 40.2 Å². The number of rotatable bonds is 4. The maximum absolute atomic E-state index is 10.4. The van der Waals surface area contributed by atoms with Crippen LogP contribution in [0.4, 0.5) is 10.5 Å². The number of carbonyl (C=O) groups is 1. The van der Waals surface area contributed by atoms with Crippen LogP contribution in [0.2, 0.25) is 0 Å². The van der Waals surface area contributed by atoms with Crippen LogP contribution >= 0.6 is 0 Å². The summed E-state index contributed by atoms with van der Waals surface area (Å²) in [7, 11) is 0. The highest BCUT2D eigenvalue weighted by Crippen LogP contribution is 2.11. The second-order valence-electron chi connectivity index (χ2n) is 2.82. The summed E-state index contributed by atoms with van der Waals surface area (Å²) in [5.41, 5.74) is 0.440. The van der Waals surface area contributed by atoms with Crippen molar-refractivity contribution in [1.29, 1.82) is 0 Å². The predicted octanol–water partition coefficient (Wildman–Crippen LogP) is 1.27. The highest BCUT2D eigenvalue weighted by Gasteiger charge is 2.04. The summed E-state index contributed by atoms with van der Waals surface area (Å²) in [6.45, 7) is 0.137. The Hall–Kier alpha value is -2.44. The average Bonchev–Trinajstić information content (AvgIpc) is 2.24. The second kappa shape index (κ2) is 5.44. The molecule has 7 nitrogen and oxygen atoms in total. The van der Waals surface area contributed by atoms with Crippen LogP contribution in [0.3, 0.4) is 0 Å². The van der Waals surface area contributed by atoms with Crippen molar-refractivity contribution in [3.8, 4) is 0 Å². The Kier molecular flexibility index (Phi) is 3.96. The molecule has 1 heterocycles. The van der Waals surface area contributed by atoms with Gasteiger partial charge in [-0.1, -0.05) is 12.2 Å². The predicted molar refractivity (Wildman–Crippen MR) is 56.0 cm³/mol. The van der Waals surface area contributed by atoms with E-state index in [4.69, 9.17) is 5.11 Å². The smallest absolute Gasteiger partial charge is 0.404 e. The van der Waals surface area contributed by atoms with Crippen molar-refractivity contribution >= 4 is 17.9 Å². The summed E-state index contributed by atoms with van der Waals surface area (Å²) < 4.78 is 0. The fourth-order valence-electron chi connectivity index (χ4n) is 0.977. The molecule has 16 heavy (non-hydrogen) atoms. The molecule has 0 unspecified atom stereocenters. The summed E-state index contributed by atoms with van der Waals surface area (Å²) in [6.07, 6.45) is 4.56. The SMILES string of the molecule is O=C(O)NC/C=C/c1cncc([N+](=O)[O-])c1. The third-order valence-corrected chi connectivity index (χ3v) is 1.64. The van der Waals surface area contributed by atoms with E-state index in [9.17, 15) is 14.9 Å². The van der Waals surface area contributed by atoms with Gasteiger partial charge in [-0.15, -0.1) is 0 Å². The number of nitrogens with zero attached hydrogens (tertiary/aromatic N) is 2. The van der Waals surface area contributed by atoms with Crippen LogP contribution in [-0.2, 0) is 0 Å². The van der Waals surface area contributed by atoms with Crippen LogP contribution in [0, 0.1) is 10.1 Å². The molecule has 0 aliphatic carbocycles. The minimum atomic E-state index is -1.12. The number of carboxylic acid groups (broad SMARTS) is 1. The molecule has 0 fully saturated rings. The second-order valence-corrected chi connectivity index (χ2v) is 2.82. The fourth-order valence-corrected chi connectivity index (χ4v) is 0.977. The number of hydrogen-bond acceptors (Lipinski definition) is 4. The molecule has 0 aliphatic heterocycles. The quantitative estimate of drug-likeness (QED) is 0.590. The molecule has 1 aromatic rings. The van der Waals surface area contributed by atoms with Crippen LogP contribution in [0.15, 0.2) is 24.5 Å². The first-order chi connectivity index (χ1) is 7.59. The number of hydrogen-bond donors (Lipinski definition) is 2. The number of aromatic nitrogens is 1. The summed E-state index contributed by atoms with van der Waals surface area (Å²) in [4.78, 5) is 23.7. The van der Waals surface area contributed by atoms with Crippen LogP contribution in [0.1, 0.15) is 5.56 Å². The first kappa shape index (κ1) is 11.6. The van der Waals surface area contributed by atoms with E-state index in [0.29, 0.717) is 5.56 Å². The van der Waals surface area contributed by atoms with Crippen molar-refractivity contribution in [2.45, 2.75) is 0 Å². The van der Waals surface area contributed by atoms with E-state index in [0.717, 1.165) is 6.20 Å². The summed E-state index contributed by atoms with van der Waals surface area (Å²) >= 11 is 0. The lowest BCUT2D eigenvalue weighted by atomic mass is 10.2. The van der Waals surface area contributed by atoms with Crippen LogP contribution in [0.5, 0.6) is 0 Å². The average molecular weight is 223 g/mol.